The highest BCUT2D eigenvalue weighted by molar-refractivity contribution is 6.12. The molecule has 1 aliphatic heterocycles. The van der Waals surface area contributed by atoms with E-state index in [-0.39, 0.29) is 23.9 Å². The van der Waals surface area contributed by atoms with Gasteiger partial charge < -0.3 is 27.0 Å². The summed E-state index contributed by atoms with van der Waals surface area (Å²) in [5.41, 5.74) is 7.17. The number of rotatable bonds is 16. The molecule has 4 amide bonds. The molecule has 0 fully saturated rings. The van der Waals surface area contributed by atoms with Crippen LogP contribution in [0.5, 0.6) is 0 Å². The number of primary amides is 1. The first-order valence-corrected chi connectivity index (χ1v) is 12.0. The van der Waals surface area contributed by atoms with Crippen molar-refractivity contribution in [3.8, 4) is 0 Å². The fourth-order valence-corrected chi connectivity index (χ4v) is 3.71. The normalized spacial score (nSPS) is 15.1. The van der Waals surface area contributed by atoms with Crippen LogP contribution in [0.3, 0.4) is 0 Å². The van der Waals surface area contributed by atoms with Gasteiger partial charge in [-0.2, -0.15) is 0 Å². The third-order valence-electron chi connectivity index (χ3n) is 5.83. The van der Waals surface area contributed by atoms with Gasteiger partial charge in [-0.3, -0.25) is 14.5 Å². The van der Waals surface area contributed by atoms with Crippen LogP contribution in [0, 0.1) is 12.8 Å². The molecular formula is C25H39N6O3. The number of anilines is 1. The van der Waals surface area contributed by atoms with Gasteiger partial charge in [-0.05, 0) is 56.3 Å². The van der Waals surface area contributed by atoms with Crippen LogP contribution in [-0.2, 0) is 9.59 Å². The Labute approximate surface area is 202 Å². The second-order valence-electron chi connectivity index (χ2n) is 8.94. The molecule has 1 aromatic carbocycles. The number of carbonyl (C=O) groups excluding carboxylic acids is 3. The van der Waals surface area contributed by atoms with Crippen LogP contribution >= 0.6 is 0 Å². The van der Waals surface area contributed by atoms with Crippen molar-refractivity contribution in [1.82, 2.24) is 20.9 Å². The summed E-state index contributed by atoms with van der Waals surface area (Å²) >= 11 is 0. The molecule has 6 N–H and O–H groups in total. The van der Waals surface area contributed by atoms with E-state index in [1.165, 1.54) is 17.1 Å². The molecule has 1 aromatic rings. The zero-order valence-corrected chi connectivity index (χ0v) is 20.3. The molecule has 0 aromatic heterocycles. The largest absolute Gasteiger partial charge is 0.383 e. The maximum atomic E-state index is 11.7. The number of nitrogens with zero attached hydrogens (tertiary/aromatic N) is 1. The first-order chi connectivity index (χ1) is 16.3. The summed E-state index contributed by atoms with van der Waals surface area (Å²) in [6, 6.07) is 7.89. The van der Waals surface area contributed by atoms with E-state index in [9.17, 15) is 14.4 Å². The van der Waals surface area contributed by atoms with E-state index in [1.807, 2.05) is 24.3 Å². The molecule has 0 unspecified atom stereocenters. The lowest BCUT2D eigenvalue weighted by Crippen LogP contribution is -2.48. The highest BCUT2D eigenvalue weighted by atomic mass is 16.2. The zero-order chi connectivity index (χ0) is 24.9. The van der Waals surface area contributed by atoms with Crippen LogP contribution in [-0.4, -0.2) is 67.6 Å². The van der Waals surface area contributed by atoms with Crippen LogP contribution in [0.4, 0.5) is 10.5 Å². The maximum absolute atomic E-state index is 11.7. The van der Waals surface area contributed by atoms with Crippen LogP contribution in [0.25, 0.3) is 0 Å². The van der Waals surface area contributed by atoms with Crippen LogP contribution in [0.2, 0.25) is 0 Å². The van der Waals surface area contributed by atoms with E-state index < -0.39 is 6.03 Å². The van der Waals surface area contributed by atoms with Crippen molar-refractivity contribution < 1.29 is 14.4 Å². The van der Waals surface area contributed by atoms with Crippen molar-refractivity contribution >= 4 is 23.5 Å². The Balaban J connectivity index is 1.81. The molecule has 1 heterocycles. The van der Waals surface area contributed by atoms with Gasteiger partial charge >= 0.3 is 6.03 Å². The SMILES string of the molecule is [CH2]c1ccc(NC[C@H](CCCNC(N)=O)NC[C@@H](NCCCN2C(=O)C=CC2=O)C(C)C)cc1. The molecule has 2 rings (SSSR count). The molecular weight excluding hydrogens is 432 g/mol. The molecule has 0 spiro atoms. The van der Waals surface area contributed by atoms with Gasteiger partial charge in [0.1, 0.15) is 0 Å². The molecule has 9 nitrogen and oxygen atoms in total. The first-order valence-electron chi connectivity index (χ1n) is 12.0. The van der Waals surface area contributed by atoms with Crippen LogP contribution < -0.4 is 27.0 Å². The Morgan fingerprint density at radius 1 is 1.00 bits per heavy atom. The standard InChI is InChI=1S/C25H39N6O3/c1-18(2)22(27-14-5-15-31-23(32)11-12-24(31)33)17-30-21(6-4-13-28-25(26)34)16-29-20-9-7-19(3)8-10-20/h7-12,18,21-22,27,29-30H,3-6,13-17H2,1-2H3,(H3,26,28,34)/t21-,22+/m0/s1. The van der Waals surface area contributed by atoms with Gasteiger partial charge in [0.05, 0.1) is 0 Å². The number of hydrogen-bond acceptors (Lipinski definition) is 6. The Morgan fingerprint density at radius 2 is 1.68 bits per heavy atom. The average Bonchev–Trinajstić information content (AvgIpc) is 3.11. The van der Waals surface area contributed by atoms with E-state index in [1.54, 1.807) is 0 Å². The third kappa shape index (κ3) is 9.93. The Kier molecular flexibility index (Phi) is 11.6. The van der Waals surface area contributed by atoms with Gasteiger partial charge in [-0.15, -0.1) is 0 Å². The highest BCUT2D eigenvalue weighted by Gasteiger charge is 2.22. The minimum Gasteiger partial charge on any atom is -0.383 e. The van der Waals surface area contributed by atoms with E-state index in [0.29, 0.717) is 32.0 Å². The van der Waals surface area contributed by atoms with Crippen molar-refractivity contribution in [1.29, 1.82) is 0 Å². The number of urea groups is 1. The van der Waals surface area contributed by atoms with E-state index in [4.69, 9.17) is 5.73 Å². The number of benzene rings is 1. The van der Waals surface area contributed by atoms with Gasteiger partial charge in [0, 0.05) is 56.1 Å². The number of imide groups is 1. The highest BCUT2D eigenvalue weighted by Crippen LogP contribution is 2.10. The fraction of sp³-hybridized carbons (Fsp3) is 0.520. The van der Waals surface area contributed by atoms with Gasteiger partial charge in [0.15, 0.2) is 0 Å². The van der Waals surface area contributed by atoms with Gasteiger partial charge in [-0.25, -0.2) is 4.79 Å². The lowest BCUT2D eigenvalue weighted by atomic mass is 10.0. The zero-order valence-electron chi connectivity index (χ0n) is 20.3. The molecule has 0 aliphatic carbocycles. The molecule has 1 aliphatic rings. The quantitative estimate of drug-likeness (QED) is 0.184. The summed E-state index contributed by atoms with van der Waals surface area (Å²) in [5, 5.41) is 13.3. The summed E-state index contributed by atoms with van der Waals surface area (Å²) in [4.78, 5) is 35.6. The summed E-state index contributed by atoms with van der Waals surface area (Å²) in [5.74, 6) is -0.0740. The molecule has 0 bridgehead atoms. The van der Waals surface area contributed by atoms with Gasteiger partial charge in [0.2, 0.25) is 0 Å². The van der Waals surface area contributed by atoms with E-state index in [0.717, 1.165) is 37.2 Å². The molecule has 0 saturated heterocycles. The van der Waals surface area contributed by atoms with Gasteiger partial charge in [0.25, 0.3) is 11.8 Å². The number of nitrogens with one attached hydrogen (secondary N) is 4. The maximum Gasteiger partial charge on any atom is 0.312 e. The van der Waals surface area contributed by atoms with Crippen molar-refractivity contribution in [2.75, 3.05) is 38.0 Å². The number of amides is 4. The van der Waals surface area contributed by atoms with Crippen LogP contribution in [0.1, 0.15) is 38.7 Å². The number of carbonyl (C=O) groups is 3. The average molecular weight is 472 g/mol. The fourth-order valence-electron chi connectivity index (χ4n) is 3.71. The Morgan fingerprint density at radius 3 is 2.29 bits per heavy atom. The van der Waals surface area contributed by atoms with Crippen molar-refractivity contribution in [2.45, 2.75) is 45.2 Å². The third-order valence-corrected chi connectivity index (χ3v) is 5.83. The first kappa shape index (κ1) is 27.3. The monoisotopic (exact) mass is 471 g/mol. The van der Waals surface area contributed by atoms with Crippen molar-refractivity contribution in [3.05, 3.63) is 48.9 Å². The van der Waals surface area contributed by atoms with Crippen molar-refractivity contribution in [2.24, 2.45) is 11.7 Å². The predicted octanol–water partition coefficient (Wildman–Crippen LogP) is 1.62. The Hall–Kier alpha value is -2.91. The molecule has 2 atom stereocenters. The minimum atomic E-state index is -0.506. The van der Waals surface area contributed by atoms with Gasteiger partial charge in [-0.1, -0.05) is 26.0 Å². The summed E-state index contributed by atoms with van der Waals surface area (Å²) in [6.45, 7) is 11.4. The summed E-state index contributed by atoms with van der Waals surface area (Å²) in [6.07, 6.45) is 5.02. The van der Waals surface area contributed by atoms with E-state index >= 15 is 0 Å². The lowest BCUT2D eigenvalue weighted by molar-refractivity contribution is -0.136. The second kappa shape index (κ2) is 14.4. The van der Waals surface area contributed by atoms with Crippen molar-refractivity contribution in [3.63, 3.8) is 0 Å². The molecule has 34 heavy (non-hydrogen) atoms. The molecule has 0 saturated carbocycles. The predicted molar refractivity (Wildman–Crippen MR) is 135 cm³/mol. The topological polar surface area (TPSA) is 129 Å². The molecule has 1 radical (unpaired) electrons. The summed E-state index contributed by atoms with van der Waals surface area (Å²) < 4.78 is 0. The number of nitrogens with two attached hydrogens (primary N) is 1. The smallest absolute Gasteiger partial charge is 0.312 e. The lowest BCUT2D eigenvalue weighted by Gasteiger charge is -2.27. The summed E-state index contributed by atoms with van der Waals surface area (Å²) in [7, 11) is 0. The molecule has 9 heteroatoms. The van der Waals surface area contributed by atoms with E-state index in [2.05, 4.69) is 42.0 Å². The second-order valence-corrected chi connectivity index (χ2v) is 8.94. The Bertz CT molecular complexity index is 806. The van der Waals surface area contributed by atoms with Crippen LogP contribution in [0.15, 0.2) is 36.4 Å². The minimum absolute atomic E-state index is 0.197. The molecule has 187 valence electrons. The number of hydrogen-bond donors (Lipinski definition) is 5.